The first-order chi connectivity index (χ1) is 16.0. The molecule has 0 fully saturated rings. The van der Waals surface area contributed by atoms with Crippen molar-refractivity contribution in [3.05, 3.63) is 93.4 Å². The average Bonchev–Trinajstić information content (AvgIpc) is 3.14. The highest BCUT2D eigenvalue weighted by Gasteiger charge is 2.29. The summed E-state index contributed by atoms with van der Waals surface area (Å²) in [4.78, 5) is 27.2. The molecule has 8 nitrogen and oxygen atoms in total. The van der Waals surface area contributed by atoms with Crippen molar-refractivity contribution in [2.24, 2.45) is 5.11 Å². The van der Waals surface area contributed by atoms with Crippen LogP contribution in [0.2, 0.25) is 0 Å². The fraction of sp³-hybridized carbons (Fsp3) is 0.200. The van der Waals surface area contributed by atoms with Gasteiger partial charge in [-0.05, 0) is 58.0 Å². The van der Waals surface area contributed by atoms with Crippen molar-refractivity contribution >= 4 is 23.4 Å². The molecular weight excluding hydrogens is 420 g/mol. The topological polar surface area (TPSA) is 113 Å². The minimum Gasteiger partial charge on any atom is -0.469 e. The van der Waals surface area contributed by atoms with Gasteiger partial charge in [-0.25, -0.2) is 4.79 Å². The first kappa shape index (κ1) is 21.9. The SMILES string of the molecule is COC(=O)Cc1cc(NC(=O)OCC2c3ccccc3-c3ccccc32)cc(N=[N+]=[N-])c1C. The lowest BCUT2D eigenvalue weighted by atomic mass is 9.98. The second-order valence-corrected chi connectivity index (χ2v) is 7.67. The highest BCUT2D eigenvalue weighted by molar-refractivity contribution is 5.87. The molecule has 1 aliphatic carbocycles. The standard InChI is InChI=1S/C25H22N4O4/c1-15-16(12-24(30)32-2)11-17(13-23(15)28-29-26)27-25(31)33-14-22-20-9-5-3-7-18(20)19-8-4-6-10-21(19)22/h3-11,13,22H,12,14H2,1-2H3,(H,27,31). The lowest BCUT2D eigenvalue weighted by Gasteiger charge is -2.16. The molecule has 8 heteroatoms. The molecule has 1 amide bonds. The van der Waals surface area contributed by atoms with Gasteiger partial charge in [0, 0.05) is 22.2 Å². The summed E-state index contributed by atoms with van der Waals surface area (Å²) in [6.45, 7) is 1.91. The lowest BCUT2D eigenvalue weighted by Crippen LogP contribution is -2.18. The molecule has 3 aromatic carbocycles. The third-order valence-corrected chi connectivity index (χ3v) is 5.79. The molecule has 0 unspecified atom stereocenters. The first-order valence-electron chi connectivity index (χ1n) is 10.4. The molecule has 0 heterocycles. The van der Waals surface area contributed by atoms with Crippen molar-refractivity contribution < 1.29 is 19.1 Å². The Morgan fingerprint density at radius 3 is 2.30 bits per heavy atom. The number of hydrogen-bond acceptors (Lipinski definition) is 5. The minimum atomic E-state index is -0.642. The van der Waals surface area contributed by atoms with Crippen LogP contribution < -0.4 is 5.32 Å². The average molecular weight is 442 g/mol. The second-order valence-electron chi connectivity index (χ2n) is 7.67. The molecule has 0 spiro atoms. The van der Waals surface area contributed by atoms with E-state index in [2.05, 4.69) is 27.5 Å². The number of benzene rings is 3. The van der Waals surface area contributed by atoms with E-state index in [9.17, 15) is 9.59 Å². The fourth-order valence-electron chi connectivity index (χ4n) is 4.15. The Kier molecular flexibility index (Phi) is 6.29. The van der Waals surface area contributed by atoms with Gasteiger partial charge in [0.05, 0.1) is 13.5 Å². The number of methoxy groups -OCH3 is 1. The third kappa shape index (κ3) is 4.51. The molecule has 1 N–H and O–H groups in total. The number of carbonyl (C=O) groups is 2. The number of ether oxygens (including phenoxy) is 2. The van der Waals surface area contributed by atoms with E-state index in [1.54, 1.807) is 13.0 Å². The number of nitrogens with zero attached hydrogens (tertiary/aromatic N) is 3. The number of esters is 1. The van der Waals surface area contributed by atoms with Crippen molar-refractivity contribution in [1.29, 1.82) is 0 Å². The molecule has 0 aromatic heterocycles. The summed E-state index contributed by atoms with van der Waals surface area (Å²) < 4.78 is 10.3. The van der Waals surface area contributed by atoms with Gasteiger partial charge < -0.3 is 9.47 Å². The minimum absolute atomic E-state index is 0.0174. The van der Waals surface area contributed by atoms with Gasteiger partial charge in [-0.1, -0.05) is 53.6 Å². The third-order valence-electron chi connectivity index (χ3n) is 5.79. The summed E-state index contributed by atoms with van der Waals surface area (Å²) in [5, 5.41) is 6.34. The van der Waals surface area contributed by atoms with Crippen LogP contribution in [0.5, 0.6) is 0 Å². The molecule has 0 atom stereocenters. The van der Waals surface area contributed by atoms with E-state index in [1.165, 1.54) is 13.2 Å². The lowest BCUT2D eigenvalue weighted by molar-refractivity contribution is -0.139. The van der Waals surface area contributed by atoms with Gasteiger partial charge in [-0.3, -0.25) is 10.1 Å². The molecular formula is C25H22N4O4. The number of nitrogens with one attached hydrogen (secondary N) is 1. The van der Waals surface area contributed by atoms with E-state index < -0.39 is 12.1 Å². The maximum Gasteiger partial charge on any atom is 0.411 e. The Hall–Kier alpha value is -4.29. The van der Waals surface area contributed by atoms with Crippen molar-refractivity contribution in [3.8, 4) is 11.1 Å². The fourth-order valence-corrected chi connectivity index (χ4v) is 4.15. The zero-order valence-corrected chi connectivity index (χ0v) is 18.2. The maximum absolute atomic E-state index is 12.6. The van der Waals surface area contributed by atoms with E-state index in [0.29, 0.717) is 22.5 Å². The van der Waals surface area contributed by atoms with Crippen LogP contribution in [0, 0.1) is 6.92 Å². The Balaban J connectivity index is 1.52. The molecule has 0 aliphatic heterocycles. The van der Waals surface area contributed by atoms with Gasteiger partial charge in [-0.2, -0.15) is 0 Å². The van der Waals surface area contributed by atoms with Crippen LogP contribution in [-0.4, -0.2) is 25.8 Å². The molecule has 4 rings (SSSR count). The van der Waals surface area contributed by atoms with Crippen molar-refractivity contribution in [2.45, 2.75) is 19.3 Å². The number of anilines is 1. The Morgan fingerprint density at radius 2 is 1.70 bits per heavy atom. The van der Waals surface area contributed by atoms with Crippen LogP contribution >= 0.6 is 0 Å². The number of carbonyl (C=O) groups excluding carboxylic acids is 2. The largest absolute Gasteiger partial charge is 0.469 e. The number of fused-ring (bicyclic) bond motifs is 3. The van der Waals surface area contributed by atoms with Crippen molar-refractivity contribution in [2.75, 3.05) is 19.0 Å². The quantitative estimate of drug-likeness (QED) is 0.218. The highest BCUT2D eigenvalue weighted by Crippen LogP contribution is 2.44. The monoisotopic (exact) mass is 442 g/mol. The zero-order valence-electron chi connectivity index (χ0n) is 18.2. The van der Waals surface area contributed by atoms with Gasteiger partial charge in [0.2, 0.25) is 0 Å². The zero-order chi connectivity index (χ0) is 23.4. The maximum atomic E-state index is 12.6. The Morgan fingerprint density at radius 1 is 1.06 bits per heavy atom. The van der Waals surface area contributed by atoms with Crippen molar-refractivity contribution in [3.63, 3.8) is 0 Å². The molecule has 0 bridgehead atoms. The highest BCUT2D eigenvalue weighted by atomic mass is 16.5. The molecule has 0 radical (unpaired) electrons. The molecule has 0 saturated heterocycles. The van der Waals surface area contributed by atoms with E-state index >= 15 is 0 Å². The number of rotatable bonds is 6. The van der Waals surface area contributed by atoms with Gasteiger partial charge in [0.15, 0.2) is 0 Å². The smallest absolute Gasteiger partial charge is 0.411 e. The summed E-state index contributed by atoms with van der Waals surface area (Å²) in [7, 11) is 1.30. The second kappa shape index (κ2) is 9.46. The molecule has 0 saturated carbocycles. The summed E-state index contributed by atoms with van der Waals surface area (Å²) in [6.07, 6.45) is -0.659. The van der Waals surface area contributed by atoms with E-state index in [-0.39, 0.29) is 18.9 Å². The van der Waals surface area contributed by atoms with E-state index in [1.807, 2.05) is 36.4 Å². The van der Waals surface area contributed by atoms with Gasteiger partial charge in [0.1, 0.15) is 6.61 Å². The first-order valence-corrected chi connectivity index (χ1v) is 10.4. The molecule has 33 heavy (non-hydrogen) atoms. The predicted molar refractivity (Wildman–Crippen MR) is 124 cm³/mol. The van der Waals surface area contributed by atoms with Crippen LogP contribution in [0.1, 0.15) is 28.2 Å². The Bertz CT molecular complexity index is 1240. The van der Waals surface area contributed by atoms with Crippen LogP contribution in [0.15, 0.2) is 65.8 Å². The predicted octanol–water partition coefficient (Wildman–Crippen LogP) is 6.01. The Labute approximate surface area is 190 Å². The van der Waals surface area contributed by atoms with Crippen LogP contribution in [0.25, 0.3) is 21.6 Å². The van der Waals surface area contributed by atoms with Crippen LogP contribution in [-0.2, 0) is 20.7 Å². The van der Waals surface area contributed by atoms with Crippen LogP contribution in [0.3, 0.4) is 0 Å². The molecule has 3 aromatic rings. The molecule has 166 valence electrons. The van der Waals surface area contributed by atoms with Crippen LogP contribution in [0.4, 0.5) is 16.2 Å². The summed E-state index contributed by atoms with van der Waals surface area (Å²) >= 11 is 0. The number of amides is 1. The summed E-state index contributed by atoms with van der Waals surface area (Å²) in [5.74, 6) is -0.502. The van der Waals surface area contributed by atoms with Gasteiger partial charge in [0.25, 0.3) is 0 Å². The van der Waals surface area contributed by atoms with E-state index in [0.717, 1.165) is 22.3 Å². The van der Waals surface area contributed by atoms with Gasteiger partial charge >= 0.3 is 12.1 Å². The normalized spacial score (nSPS) is 11.7. The molecule has 1 aliphatic rings. The number of azide groups is 1. The summed E-state index contributed by atoms with van der Waals surface area (Å²) in [5.41, 5.74) is 15.3. The van der Waals surface area contributed by atoms with Gasteiger partial charge in [-0.15, -0.1) is 0 Å². The summed E-state index contributed by atoms with van der Waals surface area (Å²) in [6, 6.07) is 19.4. The van der Waals surface area contributed by atoms with Crippen molar-refractivity contribution in [1.82, 2.24) is 0 Å². The van der Waals surface area contributed by atoms with E-state index in [4.69, 9.17) is 15.0 Å². The number of hydrogen-bond donors (Lipinski definition) is 1.